The molecule has 4 rings (SSSR count). The summed E-state index contributed by atoms with van der Waals surface area (Å²) in [7, 11) is 0. The first-order valence-corrected chi connectivity index (χ1v) is 9.33. The van der Waals surface area contributed by atoms with E-state index in [1.54, 1.807) is 12.1 Å². The van der Waals surface area contributed by atoms with Crippen LogP contribution in [0, 0.1) is 0 Å². The molecule has 8 nitrogen and oxygen atoms in total. The second-order valence-corrected chi connectivity index (χ2v) is 7.20. The molecule has 158 valence electrons. The van der Waals surface area contributed by atoms with Crippen LogP contribution in [-0.2, 0) is 4.79 Å². The second kappa shape index (κ2) is 7.56. The van der Waals surface area contributed by atoms with E-state index in [2.05, 4.69) is 0 Å². The molecule has 1 atom stereocenters. The molecule has 0 radical (unpaired) electrons. The third-order valence-corrected chi connectivity index (χ3v) is 4.88. The number of ketones is 1. The fourth-order valence-corrected chi connectivity index (χ4v) is 3.44. The number of aromatic hydroxyl groups is 4. The maximum absolute atomic E-state index is 12.7. The molecule has 1 unspecified atom stereocenters. The zero-order valence-corrected chi connectivity index (χ0v) is 16.3. The van der Waals surface area contributed by atoms with E-state index in [4.69, 9.17) is 9.15 Å². The van der Waals surface area contributed by atoms with Crippen molar-refractivity contribution in [3.05, 3.63) is 63.7 Å². The van der Waals surface area contributed by atoms with Gasteiger partial charge in [0, 0.05) is 23.6 Å². The highest BCUT2D eigenvalue weighted by molar-refractivity contribution is 5.81. The number of hydrogen-bond donors (Lipinski definition) is 4. The molecule has 1 aliphatic rings. The van der Waals surface area contributed by atoms with Crippen molar-refractivity contribution < 1.29 is 34.4 Å². The molecule has 3 aromatic rings. The summed E-state index contributed by atoms with van der Waals surface area (Å²) in [4.78, 5) is 24.4. The van der Waals surface area contributed by atoms with Crippen LogP contribution in [-0.4, -0.2) is 26.2 Å². The molecule has 8 heteroatoms. The Kier molecular flexibility index (Phi) is 4.90. The minimum atomic E-state index is -0.751. The molecule has 0 saturated carbocycles. The van der Waals surface area contributed by atoms with Crippen molar-refractivity contribution in [2.45, 2.75) is 19.4 Å². The van der Waals surface area contributed by atoms with Crippen LogP contribution in [0.3, 0.4) is 0 Å². The van der Waals surface area contributed by atoms with Gasteiger partial charge >= 0.3 is 5.63 Å². The van der Waals surface area contributed by atoms with Gasteiger partial charge in [0.1, 0.15) is 29.0 Å². The summed E-state index contributed by atoms with van der Waals surface area (Å²) in [6.07, 6.45) is 2.31. The second-order valence-electron chi connectivity index (χ2n) is 7.20. The molecular formula is C23H18O8. The zero-order chi connectivity index (χ0) is 22.3. The lowest BCUT2D eigenvalue weighted by Crippen LogP contribution is -2.20. The van der Waals surface area contributed by atoms with Gasteiger partial charge in [0.15, 0.2) is 23.0 Å². The molecule has 1 aromatic heterocycles. The number of carbonyl (C=O) groups excluding carboxylic acids is 1. The molecule has 0 aliphatic carbocycles. The number of hydrogen-bond acceptors (Lipinski definition) is 8. The minimum Gasteiger partial charge on any atom is -0.504 e. The summed E-state index contributed by atoms with van der Waals surface area (Å²) in [6, 6.07) is 8.22. The maximum atomic E-state index is 12.7. The number of benzene rings is 2. The van der Waals surface area contributed by atoms with Crippen LogP contribution in [0.15, 0.2) is 45.6 Å². The van der Waals surface area contributed by atoms with E-state index >= 15 is 0 Å². The highest BCUT2D eigenvalue weighted by Gasteiger charge is 2.31. The third-order valence-electron chi connectivity index (χ3n) is 4.88. The van der Waals surface area contributed by atoms with Gasteiger partial charge in [-0.15, -0.1) is 0 Å². The average molecular weight is 422 g/mol. The Morgan fingerprint density at radius 1 is 0.968 bits per heavy atom. The van der Waals surface area contributed by atoms with Crippen LogP contribution >= 0.6 is 0 Å². The molecule has 0 amide bonds. The number of carbonyl (C=O) groups is 1. The highest BCUT2D eigenvalue weighted by Crippen LogP contribution is 2.46. The predicted molar refractivity (Wildman–Crippen MR) is 111 cm³/mol. The number of phenols is 4. The smallest absolute Gasteiger partial charge is 0.347 e. The molecule has 0 bridgehead atoms. The van der Waals surface area contributed by atoms with Crippen LogP contribution < -0.4 is 10.4 Å². The van der Waals surface area contributed by atoms with Crippen LogP contribution in [0.4, 0.5) is 0 Å². The van der Waals surface area contributed by atoms with Crippen LogP contribution in [0.5, 0.6) is 28.7 Å². The summed E-state index contributed by atoms with van der Waals surface area (Å²) in [5, 5.41) is 38.8. The SMILES string of the molecule is CC(=O)CC1Oc2cc(C=Cc3ccc(O)c(O)c3)oc(=O)c2-c2cc(O)c(O)cc21. The first kappa shape index (κ1) is 20.1. The molecule has 1 aliphatic heterocycles. The van der Waals surface area contributed by atoms with Gasteiger partial charge in [-0.2, -0.15) is 0 Å². The summed E-state index contributed by atoms with van der Waals surface area (Å²) >= 11 is 0. The number of rotatable bonds is 4. The Balaban J connectivity index is 1.79. The topological polar surface area (TPSA) is 137 Å². The van der Waals surface area contributed by atoms with E-state index in [0.29, 0.717) is 16.7 Å². The fraction of sp³-hybridized carbons (Fsp3) is 0.130. The largest absolute Gasteiger partial charge is 0.504 e. The van der Waals surface area contributed by atoms with Crippen molar-refractivity contribution in [1.29, 1.82) is 0 Å². The van der Waals surface area contributed by atoms with Crippen molar-refractivity contribution in [3.63, 3.8) is 0 Å². The van der Waals surface area contributed by atoms with Crippen LogP contribution in [0.1, 0.15) is 36.3 Å². The lowest BCUT2D eigenvalue weighted by molar-refractivity contribution is -0.118. The highest BCUT2D eigenvalue weighted by atomic mass is 16.5. The van der Waals surface area contributed by atoms with E-state index in [-0.39, 0.29) is 46.5 Å². The standard InChI is InChI=1S/C23H18O8/c1-11(24)6-20-14-9-18(27)19(28)10-15(14)22-21(31-20)8-13(30-23(22)29)4-2-12-3-5-16(25)17(26)7-12/h2-5,7-10,20,25-28H,6H2,1H3. The Bertz CT molecular complexity index is 1290. The van der Waals surface area contributed by atoms with Crippen LogP contribution in [0.25, 0.3) is 23.3 Å². The molecule has 0 fully saturated rings. The van der Waals surface area contributed by atoms with Crippen molar-refractivity contribution in [3.8, 4) is 39.9 Å². The molecule has 4 N–H and O–H groups in total. The van der Waals surface area contributed by atoms with Gasteiger partial charge in [-0.3, -0.25) is 4.79 Å². The number of phenolic OH excluding ortho intramolecular Hbond substituents is 4. The quantitative estimate of drug-likeness (QED) is 0.467. The van der Waals surface area contributed by atoms with Crippen LogP contribution in [0.2, 0.25) is 0 Å². The number of ether oxygens (including phenoxy) is 1. The summed E-state index contributed by atoms with van der Waals surface area (Å²) in [5.74, 6) is -1.16. The average Bonchev–Trinajstić information content (AvgIpc) is 2.69. The molecular weight excluding hydrogens is 404 g/mol. The van der Waals surface area contributed by atoms with E-state index in [0.717, 1.165) is 0 Å². The van der Waals surface area contributed by atoms with E-state index in [1.165, 1.54) is 43.3 Å². The Hall–Kier alpha value is -4.20. The lowest BCUT2D eigenvalue weighted by Gasteiger charge is -2.28. The summed E-state index contributed by atoms with van der Waals surface area (Å²) < 4.78 is 11.2. The van der Waals surface area contributed by atoms with Gasteiger partial charge in [-0.05, 0) is 42.8 Å². The first-order valence-electron chi connectivity index (χ1n) is 9.33. The van der Waals surface area contributed by atoms with Crippen molar-refractivity contribution in [1.82, 2.24) is 0 Å². The number of Topliss-reactive ketones (excluding diaryl/α,β-unsaturated/α-hetero) is 1. The Morgan fingerprint density at radius 3 is 2.39 bits per heavy atom. The monoisotopic (exact) mass is 422 g/mol. The molecule has 31 heavy (non-hydrogen) atoms. The zero-order valence-electron chi connectivity index (χ0n) is 16.3. The van der Waals surface area contributed by atoms with E-state index < -0.39 is 17.5 Å². The van der Waals surface area contributed by atoms with E-state index in [1.807, 2.05) is 0 Å². The predicted octanol–water partition coefficient (Wildman–Crippen LogP) is 3.71. The van der Waals surface area contributed by atoms with Crippen molar-refractivity contribution in [2.75, 3.05) is 0 Å². The Morgan fingerprint density at radius 2 is 1.68 bits per heavy atom. The molecule has 0 spiro atoms. The number of fused-ring (bicyclic) bond motifs is 3. The molecule has 0 saturated heterocycles. The summed E-state index contributed by atoms with van der Waals surface area (Å²) in [5.41, 5.74) is 0.614. The minimum absolute atomic E-state index is 0.00877. The van der Waals surface area contributed by atoms with Gasteiger partial charge in [-0.1, -0.05) is 12.1 Å². The van der Waals surface area contributed by atoms with Gasteiger partial charge < -0.3 is 29.6 Å². The van der Waals surface area contributed by atoms with Gasteiger partial charge in [-0.25, -0.2) is 4.79 Å². The van der Waals surface area contributed by atoms with Crippen molar-refractivity contribution >= 4 is 17.9 Å². The normalized spacial score (nSPS) is 14.7. The first-order chi connectivity index (χ1) is 14.7. The Labute approximate surface area is 175 Å². The fourth-order valence-electron chi connectivity index (χ4n) is 3.44. The third kappa shape index (κ3) is 3.83. The lowest BCUT2D eigenvalue weighted by atomic mass is 9.91. The van der Waals surface area contributed by atoms with Gasteiger partial charge in [0.25, 0.3) is 0 Å². The van der Waals surface area contributed by atoms with Gasteiger partial charge in [0.05, 0.1) is 0 Å². The van der Waals surface area contributed by atoms with Gasteiger partial charge in [0.2, 0.25) is 0 Å². The molecule has 2 aromatic carbocycles. The van der Waals surface area contributed by atoms with Crippen molar-refractivity contribution in [2.24, 2.45) is 0 Å². The maximum Gasteiger partial charge on any atom is 0.347 e. The molecule has 2 heterocycles. The van der Waals surface area contributed by atoms with E-state index in [9.17, 15) is 30.0 Å². The summed E-state index contributed by atoms with van der Waals surface area (Å²) in [6.45, 7) is 1.40.